The molecule has 1 aliphatic heterocycles. The smallest absolute Gasteiger partial charge is 0.255 e. The van der Waals surface area contributed by atoms with E-state index in [9.17, 15) is 4.79 Å². The van der Waals surface area contributed by atoms with Gasteiger partial charge in [-0.25, -0.2) is 0 Å². The molecule has 1 aliphatic rings. The molecule has 1 saturated heterocycles. The lowest BCUT2D eigenvalue weighted by Gasteiger charge is -2.21. The molecule has 2 rings (SSSR count). The SMILES string of the molecule is CCOc1c(N)cccc1C(=O)NC(C)C1CCCO1. The summed E-state index contributed by atoms with van der Waals surface area (Å²) in [4.78, 5) is 12.4. The van der Waals surface area contributed by atoms with Gasteiger partial charge in [-0.2, -0.15) is 0 Å². The van der Waals surface area contributed by atoms with Crippen molar-refractivity contribution >= 4 is 11.6 Å². The zero-order valence-electron chi connectivity index (χ0n) is 12.0. The van der Waals surface area contributed by atoms with Gasteiger partial charge in [-0.15, -0.1) is 0 Å². The molecule has 1 aromatic carbocycles. The van der Waals surface area contributed by atoms with E-state index in [0.717, 1.165) is 19.4 Å². The van der Waals surface area contributed by atoms with E-state index in [-0.39, 0.29) is 18.1 Å². The Bertz CT molecular complexity index is 470. The molecule has 5 heteroatoms. The second-order valence-electron chi connectivity index (χ2n) is 4.97. The van der Waals surface area contributed by atoms with Crippen LogP contribution < -0.4 is 15.8 Å². The zero-order valence-corrected chi connectivity index (χ0v) is 12.0. The molecule has 1 aromatic rings. The lowest BCUT2D eigenvalue weighted by Crippen LogP contribution is -2.41. The van der Waals surface area contributed by atoms with E-state index in [1.54, 1.807) is 18.2 Å². The second-order valence-corrected chi connectivity index (χ2v) is 4.97. The summed E-state index contributed by atoms with van der Waals surface area (Å²) in [5, 5.41) is 2.96. The van der Waals surface area contributed by atoms with Gasteiger partial charge in [0.05, 0.1) is 30.0 Å². The molecule has 0 radical (unpaired) electrons. The number of amides is 1. The summed E-state index contributed by atoms with van der Waals surface area (Å²) < 4.78 is 11.1. The standard InChI is InChI=1S/C15H22N2O3/c1-3-19-14-11(6-4-7-12(14)16)15(18)17-10(2)13-8-5-9-20-13/h4,6-7,10,13H,3,5,8-9,16H2,1-2H3,(H,17,18). The number of hydrogen-bond donors (Lipinski definition) is 2. The van der Waals surface area contributed by atoms with Crippen LogP contribution in [0, 0.1) is 0 Å². The largest absolute Gasteiger partial charge is 0.491 e. The fourth-order valence-electron chi connectivity index (χ4n) is 2.41. The van der Waals surface area contributed by atoms with Gasteiger partial charge in [-0.1, -0.05) is 6.07 Å². The number of ether oxygens (including phenoxy) is 2. The van der Waals surface area contributed by atoms with Gasteiger partial charge < -0.3 is 20.5 Å². The average Bonchev–Trinajstić information content (AvgIpc) is 2.95. The van der Waals surface area contributed by atoms with E-state index < -0.39 is 0 Å². The highest BCUT2D eigenvalue weighted by molar-refractivity contribution is 5.98. The molecule has 0 aliphatic carbocycles. The van der Waals surface area contributed by atoms with Crippen molar-refractivity contribution in [3.05, 3.63) is 23.8 Å². The van der Waals surface area contributed by atoms with Gasteiger partial charge in [0, 0.05) is 6.61 Å². The predicted molar refractivity (Wildman–Crippen MR) is 77.9 cm³/mol. The minimum absolute atomic E-state index is 0.0269. The molecule has 2 atom stereocenters. The third-order valence-electron chi connectivity index (χ3n) is 3.46. The first-order valence-corrected chi connectivity index (χ1v) is 7.07. The van der Waals surface area contributed by atoms with Crippen molar-refractivity contribution < 1.29 is 14.3 Å². The molecular weight excluding hydrogens is 256 g/mol. The summed E-state index contributed by atoms with van der Waals surface area (Å²) in [6, 6.07) is 5.18. The van der Waals surface area contributed by atoms with Crippen molar-refractivity contribution in [2.24, 2.45) is 0 Å². The van der Waals surface area contributed by atoms with Crippen LogP contribution >= 0.6 is 0 Å². The van der Waals surface area contributed by atoms with Crippen molar-refractivity contribution in [1.82, 2.24) is 5.32 Å². The lowest BCUT2D eigenvalue weighted by atomic mass is 10.1. The number of nitrogens with two attached hydrogens (primary N) is 1. The second kappa shape index (κ2) is 6.61. The van der Waals surface area contributed by atoms with Crippen LogP contribution in [0.1, 0.15) is 37.0 Å². The highest BCUT2D eigenvalue weighted by Crippen LogP contribution is 2.26. The van der Waals surface area contributed by atoms with Gasteiger partial charge in [0.15, 0.2) is 5.75 Å². The monoisotopic (exact) mass is 278 g/mol. The minimum Gasteiger partial charge on any atom is -0.491 e. The molecule has 1 heterocycles. The Balaban J connectivity index is 2.10. The number of anilines is 1. The molecule has 5 nitrogen and oxygen atoms in total. The molecule has 3 N–H and O–H groups in total. The van der Waals surface area contributed by atoms with Gasteiger partial charge in [-0.3, -0.25) is 4.79 Å². The Hall–Kier alpha value is -1.75. The molecule has 0 saturated carbocycles. The summed E-state index contributed by atoms with van der Waals surface area (Å²) in [7, 11) is 0. The fraction of sp³-hybridized carbons (Fsp3) is 0.533. The summed E-state index contributed by atoms with van der Waals surface area (Å²) >= 11 is 0. The number of rotatable bonds is 5. The van der Waals surface area contributed by atoms with Crippen molar-refractivity contribution in [1.29, 1.82) is 0 Å². The zero-order chi connectivity index (χ0) is 14.5. The quantitative estimate of drug-likeness (QED) is 0.808. The topological polar surface area (TPSA) is 73.6 Å². The first-order chi connectivity index (χ1) is 9.63. The van der Waals surface area contributed by atoms with Crippen LogP contribution in [0.25, 0.3) is 0 Å². The molecule has 110 valence electrons. The van der Waals surface area contributed by atoms with E-state index in [4.69, 9.17) is 15.2 Å². The van der Waals surface area contributed by atoms with Gasteiger partial charge in [0.2, 0.25) is 0 Å². The number of para-hydroxylation sites is 1. The van der Waals surface area contributed by atoms with Gasteiger partial charge >= 0.3 is 0 Å². The molecule has 20 heavy (non-hydrogen) atoms. The third kappa shape index (κ3) is 3.22. The van der Waals surface area contributed by atoms with Gasteiger partial charge in [-0.05, 0) is 38.8 Å². The summed E-state index contributed by atoms with van der Waals surface area (Å²) in [6.07, 6.45) is 2.12. The third-order valence-corrected chi connectivity index (χ3v) is 3.46. The molecule has 0 aromatic heterocycles. The van der Waals surface area contributed by atoms with E-state index in [1.807, 2.05) is 13.8 Å². The van der Waals surface area contributed by atoms with Crippen molar-refractivity contribution in [2.75, 3.05) is 18.9 Å². The lowest BCUT2D eigenvalue weighted by molar-refractivity contribution is 0.0710. The number of carbonyl (C=O) groups is 1. The normalized spacial score (nSPS) is 19.6. The number of carbonyl (C=O) groups excluding carboxylic acids is 1. The van der Waals surface area contributed by atoms with Crippen LogP contribution in [0.4, 0.5) is 5.69 Å². The molecule has 0 bridgehead atoms. The summed E-state index contributed by atoms with van der Waals surface area (Å²) in [6.45, 7) is 5.06. The first-order valence-electron chi connectivity index (χ1n) is 7.07. The Morgan fingerprint density at radius 3 is 3.05 bits per heavy atom. The molecule has 0 spiro atoms. The Labute approximate surface area is 119 Å². The maximum absolute atomic E-state index is 12.4. The van der Waals surface area contributed by atoms with Crippen LogP contribution in [-0.4, -0.2) is 31.3 Å². The van der Waals surface area contributed by atoms with Crippen molar-refractivity contribution in [3.63, 3.8) is 0 Å². The van der Waals surface area contributed by atoms with E-state index in [1.165, 1.54) is 0 Å². The van der Waals surface area contributed by atoms with Crippen LogP contribution in [0.15, 0.2) is 18.2 Å². The van der Waals surface area contributed by atoms with Gasteiger partial charge in [0.1, 0.15) is 0 Å². The van der Waals surface area contributed by atoms with E-state index >= 15 is 0 Å². The molecule has 1 fully saturated rings. The molecular formula is C15H22N2O3. The predicted octanol–water partition coefficient (Wildman–Crippen LogP) is 1.96. The molecule has 1 amide bonds. The first kappa shape index (κ1) is 14.7. The Morgan fingerprint density at radius 1 is 1.60 bits per heavy atom. The number of nitrogen functional groups attached to an aromatic ring is 1. The summed E-state index contributed by atoms with van der Waals surface area (Å²) in [5.41, 5.74) is 6.81. The van der Waals surface area contributed by atoms with E-state index in [0.29, 0.717) is 23.6 Å². The molecule has 2 unspecified atom stereocenters. The van der Waals surface area contributed by atoms with Crippen LogP contribution in [-0.2, 0) is 4.74 Å². The van der Waals surface area contributed by atoms with Crippen LogP contribution in [0.2, 0.25) is 0 Å². The fourth-order valence-corrected chi connectivity index (χ4v) is 2.41. The Morgan fingerprint density at radius 2 is 2.40 bits per heavy atom. The average molecular weight is 278 g/mol. The number of nitrogens with one attached hydrogen (secondary N) is 1. The number of benzene rings is 1. The minimum atomic E-state index is -0.177. The van der Waals surface area contributed by atoms with Crippen LogP contribution in [0.3, 0.4) is 0 Å². The number of hydrogen-bond acceptors (Lipinski definition) is 4. The van der Waals surface area contributed by atoms with Gasteiger partial charge in [0.25, 0.3) is 5.91 Å². The summed E-state index contributed by atoms with van der Waals surface area (Å²) in [5.74, 6) is 0.274. The van der Waals surface area contributed by atoms with E-state index in [2.05, 4.69) is 5.32 Å². The van der Waals surface area contributed by atoms with Crippen LogP contribution in [0.5, 0.6) is 5.75 Å². The highest BCUT2D eigenvalue weighted by atomic mass is 16.5. The Kier molecular flexibility index (Phi) is 4.84. The maximum Gasteiger partial charge on any atom is 0.255 e. The van der Waals surface area contributed by atoms with Crippen molar-refractivity contribution in [3.8, 4) is 5.75 Å². The highest BCUT2D eigenvalue weighted by Gasteiger charge is 2.25. The maximum atomic E-state index is 12.4. The van der Waals surface area contributed by atoms with Crippen molar-refractivity contribution in [2.45, 2.75) is 38.8 Å².